The fourth-order valence-electron chi connectivity index (χ4n) is 0.950. The van der Waals surface area contributed by atoms with Gasteiger partial charge in [0.25, 0.3) is 0 Å². The zero-order chi connectivity index (χ0) is 7.56. The van der Waals surface area contributed by atoms with E-state index >= 15 is 0 Å². The fourth-order valence-corrected chi connectivity index (χ4v) is 0.950. The van der Waals surface area contributed by atoms with Crippen molar-refractivity contribution in [3.63, 3.8) is 0 Å². The lowest BCUT2D eigenvalue weighted by Crippen LogP contribution is -2.10. The van der Waals surface area contributed by atoms with Crippen LogP contribution >= 0.6 is 0 Å². The van der Waals surface area contributed by atoms with E-state index in [4.69, 9.17) is 0 Å². The van der Waals surface area contributed by atoms with Gasteiger partial charge in [0.15, 0.2) is 0 Å². The topological polar surface area (TPSA) is 31.9 Å². The first-order chi connectivity index (χ1) is 4.75. The number of aryl methyl sites for hydroxylation is 1. The molecule has 0 aromatic carbocycles. The molecule has 0 fully saturated rings. The van der Waals surface area contributed by atoms with Gasteiger partial charge in [-0.15, -0.1) is 0 Å². The summed E-state index contributed by atoms with van der Waals surface area (Å²) in [6.07, 6.45) is 2.90. The first kappa shape index (κ1) is 7.12. The van der Waals surface area contributed by atoms with Gasteiger partial charge in [-0.05, 0) is 6.42 Å². The summed E-state index contributed by atoms with van der Waals surface area (Å²) in [6, 6.07) is 0. The molecule has 0 saturated heterocycles. The molecule has 0 amide bonds. The van der Waals surface area contributed by atoms with Gasteiger partial charge in [0.1, 0.15) is 5.82 Å². The van der Waals surface area contributed by atoms with E-state index in [9.17, 15) is 0 Å². The van der Waals surface area contributed by atoms with Crippen LogP contribution in [0.4, 0.5) is 5.82 Å². The molecule has 0 saturated carbocycles. The SMILES string of the molecule is CCc1cn[nH]c1N(C)C. The van der Waals surface area contributed by atoms with Gasteiger partial charge in [-0.3, -0.25) is 5.10 Å². The second-order valence-electron chi connectivity index (χ2n) is 2.49. The molecule has 10 heavy (non-hydrogen) atoms. The molecule has 0 bridgehead atoms. The van der Waals surface area contributed by atoms with Crippen molar-refractivity contribution in [1.82, 2.24) is 10.2 Å². The Balaban J connectivity index is 2.90. The second-order valence-corrected chi connectivity index (χ2v) is 2.49. The van der Waals surface area contributed by atoms with Crippen molar-refractivity contribution in [1.29, 1.82) is 0 Å². The predicted octanol–water partition coefficient (Wildman–Crippen LogP) is 1.04. The quantitative estimate of drug-likeness (QED) is 0.663. The summed E-state index contributed by atoms with van der Waals surface area (Å²) < 4.78 is 0. The summed E-state index contributed by atoms with van der Waals surface area (Å²) in [4.78, 5) is 2.03. The number of nitrogens with zero attached hydrogens (tertiary/aromatic N) is 2. The molecule has 0 unspecified atom stereocenters. The van der Waals surface area contributed by atoms with E-state index in [0.29, 0.717) is 0 Å². The third kappa shape index (κ3) is 1.12. The van der Waals surface area contributed by atoms with Crippen molar-refractivity contribution in [3.8, 4) is 0 Å². The number of nitrogens with one attached hydrogen (secondary N) is 1. The van der Waals surface area contributed by atoms with E-state index in [1.165, 1.54) is 5.56 Å². The van der Waals surface area contributed by atoms with Crippen LogP contribution in [0.1, 0.15) is 12.5 Å². The Morgan fingerprint density at radius 2 is 2.30 bits per heavy atom. The lowest BCUT2D eigenvalue weighted by atomic mass is 10.2. The largest absolute Gasteiger partial charge is 0.363 e. The Morgan fingerprint density at radius 1 is 1.60 bits per heavy atom. The number of hydrogen-bond acceptors (Lipinski definition) is 2. The Morgan fingerprint density at radius 3 is 2.70 bits per heavy atom. The molecule has 0 aliphatic rings. The summed E-state index contributed by atoms with van der Waals surface area (Å²) in [5, 5.41) is 6.88. The average Bonchev–Trinajstić information content (AvgIpc) is 2.33. The van der Waals surface area contributed by atoms with Gasteiger partial charge in [0.2, 0.25) is 0 Å². The maximum absolute atomic E-state index is 3.95. The van der Waals surface area contributed by atoms with Crippen molar-refractivity contribution in [3.05, 3.63) is 11.8 Å². The Labute approximate surface area is 61.0 Å². The molecule has 0 spiro atoms. The Bertz CT molecular complexity index is 202. The molecule has 3 heteroatoms. The molecule has 0 aliphatic heterocycles. The highest BCUT2D eigenvalue weighted by molar-refractivity contribution is 5.43. The van der Waals surface area contributed by atoms with Gasteiger partial charge in [0, 0.05) is 19.7 Å². The van der Waals surface area contributed by atoms with E-state index in [1.54, 1.807) is 0 Å². The van der Waals surface area contributed by atoms with Crippen LogP contribution in [0.15, 0.2) is 6.20 Å². The number of hydrogen-bond donors (Lipinski definition) is 1. The molecular formula is C7H13N3. The van der Waals surface area contributed by atoms with Gasteiger partial charge in [-0.2, -0.15) is 5.10 Å². The number of aromatic nitrogens is 2. The van der Waals surface area contributed by atoms with Crippen molar-refractivity contribution < 1.29 is 0 Å². The van der Waals surface area contributed by atoms with Crippen LogP contribution in [0.2, 0.25) is 0 Å². The number of H-pyrrole nitrogens is 1. The normalized spacial score (nSPS) is 9.90. The predicted molar refractivity (Wildman–Crippen MR) is 42.3 cm³/mol. The molecular weight excluding hydrogens is 126 g/mol. The van der Waals surface area contributed by atoms with Crippen molar-refractivity contribution >= 4 is 5.82 Å². The zero-order valence-corrected chi connectivity index (χ0v) is 6.68. The molecule has 0 aliphatic carbocycles. The van der Waals surface area contributed by atoms with E-state index in [0.717, 1.165) is 12.2 Å². The summed E-state index contributed by atoms with van der Waals surface area (Å²) in [7, 11) is 4.01. The summed E-state index contributed by atoms with van der Waals surface area (Å²) in [5.74, 6) is 1.11. The van der Waals surface area contributed by atoms with Crippen molar-refractivity contribution in [2.75, 3.05) is 19.0 Å². The number of anilines is 1. The first-order valence-corrected chi connectivity index (χ1v) is 3.45. The van der Waals surface area contributed by atoms with Crippen LogP contribution < -0.4 is 4.90 Å². The monoisotopic (exact) mass is 139 g/mol. The lowest BCUT2D eigenvalue weighted by Gasteiger charge is -2.10. The number of aromatic amines is 1. The van der Waals surface area contributed by atoms with E-state index in [2.05, 4.69) is 17.1 Å². The van der Waals surface area contributed by atoms with Crippen LogP contribution in [-0.4, -0.2) is 24.3 Å². The third-order valence-electron chi connectivity index (χ3n) is 1.52. The van der Waals surface area contributed by atoms with Gasteiger partial charge < -0.3 is 4.90 Å². The summed E-state index contributed by atoms with van der Waals surface area (Å²) >= 11 is 0. The minimum Gasteiger partial charge on any atom is -0.363 e. The highest BCUT2D eigenvalue weighted by Crippen LogP contribution is 2.13. The van der Waals surface area contributed by atoms with E-state index in [1.807, 2.05) is 25.2 Å². The van der Waals surface area contributed by atoms with Crippen molar-refractivity contribution in [2.45, 2.75) is 13.3 Å². The highest BCUT2D eigenvalue weighted by Gasteiger charge is 2.02. The van der Waals surface area contributed by atoms with Gasteiger partial charge in [0.05, 0.1) is 6.20 Å². The summed E-state index contributed by atoms with van der Waals surface area (Å²) in [5.41, 5.74) is 1.27. The van der Waals surface area contributed by atoms with Gasteiger partial charge in [-0.25, -0.2) is 0 Å². The van der Waals surface area contributed by atoms with Crippen LogP contribution in [0.5, 0.6) is 0 Å². The smallest absolute Gasteiger partial charge is 0.126 e. The molecule has 1 rings (SSSR count). The third-order valence-corrected chi connectivity index (χ3v) is 1.52. The molecule has 56 valence electrons. The van der Waals surface area contributed by atoms with Crippen molar-refractivity contribution in [2.24, 2.45) is 0 Å². The van der Waals surface area contributed by atoms with E-state index in [-0.39, 0.29) is 0 Å². The lowest BCUT2D eigenvalue weighted by molar-refractivity contribution is 1.00. The molecule has 0 radical (unpaired) electrons. The molecule has 1 N–H and O–H groups in total. The van der Waals surface area contributed by atoms with Crippen LogP contribution in [0.3, 0.4) is 0 Å². The zero-order valence-electron chi connectivity index (χ0n) is 6.68. The highest BCUT2D eigenvalue weighted by atomic mass is 15.2. The molecule has 0 atom stereocenters. The molecule has 3 nitrogen and oxygen atoms in total. The van der Waals surface area contributed by atoms with Crippen LogP contribution in [0, 0.1) is 0 Å². The molecule has 1 heterocycles. The molecule has 1 aromatic rings. The molecule has 1 aromatic heterocycles. The van der Waals surface area contributed by atoms with Crippen LogP contribution in [0.25, 0.3) is 0 Å². The average molecular weight is 139 g/mol. The van der Waals surface area contributed by atoms with Gasteiger partial charge in [-0.1, -0.05) is 6.92 Å². The van der Waals surface area contributed by atoms with Crippen LogP contribution in [-0.2, 0) is 6.42 Å². The maximum atomic E-state index is 3.95. The minimum atomic E-state index is 1.03. The fraction of sp³-hybridized carbons (Fsp3) is 0.571. The summed E-state index contributed by atoms with van der Waals surface area (Å²) in [6.45, 7) is 2.12. The number of rotatable bonds is 2. The Kier molecular flexibility index (Phi) is 1.94. The second kappa shape index (κ2) is 2.73. The van der Waals surface area contributed by atoms with Gasteiger partial charge >= 0.3 is 0 Å². The Hall–Kier alpha value is -0.990. The maximum Gasteiger partial charge on any atom is 0.126 e. The standard InChI is InChI=1S/C7H13N3/c1-4-6-5-8-9-7(6)10(2)3/h5H,4H2,1-3H3,(H,8,9). The first-order valence-electron chi connectivity index (χ1n) is 3.45. The minimum absolute atomic E-state index is 1.03. The van der Waals surface area contributed by atoms with E-state index < -0.39 is 0 Å².